The van der Waals surface area contributed by atoms with Crippen LogP contribution < -0.4 is 9.46 Å². The largest absolute Gasteiger partial charge is 0.487 e. The van der Waals surface area contributed by atoms with Gasteiger partial charge in [0.2, 0.25) is 5.89 Å². The molecule has 0 amide bonds. The molecule has 3 aromatic carbocycles. The molecule has 0 unspecified atom stereocenters. The van der Waals surface area contributed by atoms with Gasteiger partial charge < -0.3 is 13.9 Å². The molecule has 0 saturated heterocycles. The van der Waals surface area contributed by atoms with Gasteiger partial charge in [0.05, 0.1) is 6.61 Å². The molecule has 10 heteroatoms. The van der Waals surface area contributed by atoms with Gasteiger partial charge in [-0.2, -0.15) is 12.7 Å². The zero-order valence-corrected chi connectivity index (χ0v) is 22.9. The van der Waals surface area contributed by atoms with Crippen LogP contribution in [0.4, 0.5) is 5.69 Å². The highest BCUT2D eigenvalue weighted by Crippen LogP contribution is 2.23. The zero-order chi connectivity index (χ0) is 27.8. The van der Waals surface area contributed by atoms with Crippen molar-refractivity contribution >= 4 is 21.9 Å². The fraction of sp³-hybridized carbons (Fsp3) is 0.241. The minimum absolute atomic E-state index is 0.0386. The molecule has 0 aliphatic heterocycles. The third-order valence-electron chi connectivity index (χ3n) is 5.82. The zero-order valence-electron chi connectivity index (χ0n) is 22.1. The van der Waals surface area contributed by atoms with E-state index < -0.39 is 22.7 Å². The first-order valence-corrected chi connectivity index (χ1v) is 13.9. The Balaban J connectivity index is 1.43. The smallest absolute Gasteiger partial charge is 0.321 e. The molecule has 0 saturated carbocycles. The second-order valence-electron chi connectivity index (χ2n) is 8.87. The van der Waals surface area contributed by atoms with Gasteiger partial charge in [-0.15, -0.1) is 0 Å². The average Bonchev–Trinajstić information content (AvgIpc) is 3.30. The first-order valence-electron chi connectivity index (χ1n) is 12.5. The molecule has 1 heterocycles. The van der Waals surface area contributed by atoms with Gasteiger partial charge >= 0.3 is 16.2 Å². The number of esters is 1. The van der Waals surface area contributed by atoms with E-state index in [4.69, 9.17) is 13.9 Å². The molecule has 1 N–H and O–H groups in total. The van der Waals surface area contributed by atoms with E-state index in [-0.39, 0.29) is 19.8 Å². The monoisotopic (exact) mass is 549 g/mol. The van der Waals surface area contributed by atoms with E-state index in [0.29, 0.717) is 34.3 Å². The molecule has 0 fully saturated rings. The van der Waals surface area contributed by atoms with Crippen molar-refractivity contribution in [1.29, 1.82) is 0 Å². The van der Waals surface area contributed by atoms with Crippen LogP contribution >= 0.6 is 0 Å². The van der Waals surface area contributed by atoms with Crippen LogP contribution in [0.25, 0.3) is 11.5 Å². The van der Waals surface area contributed by atoms with E-state index in [0.717, 1.165) is 15.4 Å². The lowest BCUT2D eigenvalue weighted by molar-refractivity contribution is -0.143. The summed E-state index contributed by atoms with van der Waals surface area (Å²) in [4.78, 5) is 16.7. The maximum Gasteiger partial charge on any atom is 0.321 e. The summed E-state index contributed by atoms with van der Waals surface area (Å²) in [5.74, 6) is 1.15. The van der Waals surface area contributed by atoms with Crippen molar-refractivity contribution in [2.75, 3.05) is 17.9 Å². The van der Waals surface area contributed by atoms with Crippen LogP contribution in [0.1, 0.15) is 29.5 Å². The maximum atomic E-state index is 13.2. The third kappa shape index (κ3) is 7.68. The number of aromatic nitrogens is 1. The van der Waals surface area contributed by atoms with Crippen molar-refractivity contribution in [3.05, 3.63) is 101 Å². The molecule has 39 heavy (non-hydrogen) atoms. The minimum Gasteiger partial charge on any atom is -0.487 e. The quantitative estimate of drug-likeness (QED) is 0.240. The van der Waals surface area contributed by atoms with Gasteiger partial charge in [0, 0.05) is 17.8 Å². The summed E-state index contributed by atoms with van der Waals surface area (Å²) in [5.41, 5.74) is 3.64. The number of carbonyl (C=O) groups excluding carboxylic acids is 1. The standard InChI is InChI=1S/C29H31N3O6S/c1-4-36-28(33)19-32(39(34,35)31-25-14-10-21(2)11-15-25)18-23-12-16-26(17-13-23)37-20-27-22(3)38-29(30-27)24-8-6-5-7-9-24/h5-17,31H,4,18-20H2,1-3H3. The number of aryl methyl sites for hydroxylation is 2. The van der Waals surface area contributed by atoms with Crippen molar-refractivity contribution < 1.29 is 27.1 Å². The van der Waals surface area contributed by atoms with Crippen LogP contribution in [0, 0.1) is 13.8 Å². The molecule has 0 atom stereocenters. The van der Waals surface area contributed by atoms with Crippen molar-refractivity contribution in [3.8, 4) is 17.2 Å². The Morgan fingerprint density at radius 1 is 0.974 bits per heavy atom. The molecule has 204 valence electrons. The van der Waals surface area contributed by atoms with E-state index >= 15 is 0 Å². The third-order valence-corrected chi connectivity index (χ3v) is 7.25. The van der Waals surface area contributed by atoms with Crippen LogP contribution in [-0.4, -0.2) is 36.8 Å². The van der Waals surface area contributed by atoms with Gasteiger partial charge in [0.1, 0.15) is 30.4 Å². The van der Waals surface area contributed by atoms with Gasteiger partial charge in [-0.3, -0.25) is 9.52 Å². The number of anilines is 1. The van der Waals surface area contributed by atoms with Crippen molar-refractivity contribution in [2.45, 2.75) is 33.9 Å². The van der Waals surface area contributed by atoms with Gasteiger partial charge in [-0.1, -0.05) is 48.0 Å². The van der Waals surface area contributed by atoms with Crippen LogP contribution in [0.15, 0.2) is 83.3 Å². The molecule has 9 nitrogen and oxygen atoms in total. The normalized spacial score (nSPS) is 11.4. The minimum atomic E-state index is -4.05. The first kappa shape index (κ1) is 27.9. The molecule has 1 aromatic heterocycles. The molecule has 0 aliphatic carbocycles. The highest BCUT2D eigenvalue weighted by molar-refractivity contribution is 7.90. The lowest BCUT2D eigenvalue weighted by Gasteiger charge is -2.22. The SMILES string of the molecule is CCOC(=O)CN(Cc1ccc(OCc2nc(-c3ccccc3)oc2C)cc1)S(=O)(=O)Nc1ccc(C)cc1. The number of rotatable bonds is 12. The van der Waals surface area contributed by atoms with Gasteiger partial charge in [0.15, 0.2) is 0 Å². The lowest BCUT2D eigenvalue weighted by atomic mass is 10.2. The fourth-order valence-corrected chi connectivity index (χ4v) is 4.88. The van der Waals surface area contributed by atoms with E-state index in [1.807, 2.05) is 44.2 Å². The lowest BCUT2D eigenvalue weighted by Crippen LogP contribution is -2.39. The number of carbonyl (C=O) groups is 1. The second kappa shape index (κ2) is 12.6. The number of hydrogen-bond donors (Lipinski definition) is 1. The molecular formula is C29H31N3O6S. The topological polar surface area (TPSA) is 111 Å². The highest BCUT2D eigenvalue weighted by atomic mass is 32.2. The summed E-state index contributed by atoms with van der Waals surface area (Å²) in [6, 6.07) is 23.5. The molecule has 4 aromatic rings. The Hall–Kier alpha value is -4.15. The number of nitrogens with zero attached hydrogens (tertiary/aromatic N) is 2. The van der Waals surface area contributed by atoms with Crippen molar-refractivity contribution in [2.24, 2.45) is 0 Å². The fourth-order valence-electron chi connectivity index (χ4n) is 3.72. The molecule has 0 bridgehead atoms. The number of hydrogen-bond acceptors (Lipinski definition) is 7. The maximum absolute atomic E-state index is 13.2. The van der Waals surface area contributed by atoms with Crippen molar-refractivity contribution in [1.82, 2.24) is 9.29 Å². The number of ether oxygens (including phenoxy) is 2. The molecule has 0 aliphatic rings. The Morgan fingerprint density at radius 3 is 2.33 bits per heavy atom. The predicted molar refractivity (Wildman–Crippen MR) is 148 cm³/mol. The van der Waals surface area contributed by atoms with E-state index in [2.05, 4.69) is 9.71 Å². The van der Waals surface area contributed by atoms with Crippen LogP contribution in [0.2, 0.25) is 0 Å². The summed E-state index contributed by atoms with van der Waals surface area (Å²) in [5, 5.41) is 0. The van der Waals surface area contributed by atoms with Gasteiger partial charge in [-0.05, 0) is 62.7 Å². The number of benzene rings is 3. The molecular weight excluding hydrogens is 518 g/mol. The average molecular weight is 550 g/mol. The van der Waals surface area contributed by atoms with E-state index in [9.17, 15) is 13.2 Å². The van der Waals surface area contributed by atoms with Gasteiger partial charge in [0.25, 0.3) is 0 Å². The first-order chi connectivity index (χ1) is 18.7. The van der Waals surface area contributed by atoms with Crippen LogP contribution in [-0.2, 0) is 32.9 Å². The van der Waals surface area contributed by atoms with Crippen LogP contribution in [0.5, 0.6) is 5.75 Å². The summed E-state index contributed by atoms with van der Waals surface area (Å²) >= 11 is 0. The predicted octanol–water partition coefficient (Wildman–Crippen LogP) is 5.26. The second-order valence-corrected chi connectivity index (χ2v) is 10.5. The summed E-state index contributed by atoms with van der Waals surface area (Å²) in [6.45, 7) is 5.32. The van der Waals surface area contributed by atoms with Gasteiger partial charge in [-0.25, -0.2) is 4.98 Å². The Bertz CT molecular complexity index is 1480. The highest BCUT2D eigenvalue weighted by Gasteiger charge is 2.26. The summed E-state index contributed by atoms with van der Waals surface area (Å²) in [6.07, 6.45) is 0. The van der Waals surface area contributed by atoms with E-state index in [1.165, 1.54) is 0 Å². The molecule has 4 rings (SSSR count). The molecule has 0 radical (unpaired) electrons. The van der Waals surface area contributed by atoms with E-state index in [1.54, 1.807) is 55.5 Å². The van der Waals surface area contributed by atoms with Crippen molar-refractivity contribution in [3.63, 3.8) is 0 Å². The Kier molecular flexibility index (Phi) is 9.00. The number of nitrogens with one attached hydrogen (secondary N) is 1. The summed E-state index contributed by atoms with van der Waals surface area (Å²) < 4.78 is 46.6. The molecule has 0 spiro atoms. The number of oxazole rings is 1. The Labute approximate surface area is 228 Å². The van der Waals surface area contributed by atoms with Crippen LogP contribution in [0.3, 0.4) is 0 Å². The Morgan fingerprint density at radius 2 is 1.67 bits per heavy atom. The summed E-state index contributed by atoms with van der Waals surface area (Å²) in [7, 11) is -4.05.